The van der Waals surface area contributed by atoms with Gasteiger partial charge in [-0.1, -0.05) is 0 Å². The molecule has 0 aromatic heterocycles. The number of anilines is 1. The smallest absolute Gasteiger partial charge is 0.409 e. The fraction of sp³-hybridized carbons (Fsp3) is 0.250. The molecule has 0 radical (unpaired) electrons. The van der Waals surface area contributed by atoms with Crippen LogP contribution in [0.25, 0.3) is 0 Å². The minimum absolute atomic E-state index is 0.0438. The average molecular weight is 223 g/mol. The molecule has 0 unspecified atom stereocenters. The molecule has 1 heterocycles. The highest BCUT2D eigenvalue weighted by molar-refractivity contribution is 5.50. The van der Waals surface area contributed by atoms with Gasteiger partial charge in [-0.2, -0.15) is 8.78 Å². The number of alkyl halides is 4. The third-order valence-electron chi connectivity index (χ3n) is 1.80. The topological polar surface area (TPSA) is 44.5 Å². The van der Waals surface area contributed by atoms with Crippen LogP contribution in [0.3, 0.4) is 0 Å². The summed E-state index contributed by atoms with van der Waals surface area (Å²) in [6.45, 7) is 0. The molecule has 0 saturated heterocycles. The van der Waals surface area contributed by atoms with Gasteiger partial charge in [0.15, 0.2) is 0 Å². The predicted octanol–water partition coefficient (Wildman–Crippen LogP) is 2.28. The molecule has 0 atom stereocenters. The van der Waals surface area contributed by atoms with Crippen LogP contribution < -0.4 is 10.5 Å². The first-order valence-corrected chi connectivity index (χ1v) is 3.85. The van der Waals surface area contributed by atoms with Gasteiger partial charge in [0.05, 0.1) is 5.56 Å². The maximum absolute atomic E-state index is 13.0. The number of benzene rings is 1. The second-order valence-electron chi connectivity index (χ2n) is 2.94. The van der Waals surface area contributed by atoms with E-state index in [1.165, 1.54) is 0 Å². The normalized spacial score (nSPS) is 21.6. The lowest BCUT2D eigenvalue weighted by molar-refractivity contribution is -0.461. The molecule has 0 fully saturated rings. The fourth-order valence-corrected chi connectivity index (χ4v) is 1.22. The van der Waals surface area contributed by atoms with Gasteiger partial charge in [-0.3, -0.25) is 0 Å². The average Bonchev–Trinajstić information content (AvgIpc) is 1.97. The van der Waals surface area contributed by atoms with Gasteiger partial charge in [0.25, 0.3) is 0 Å². The molecule has 1 aromatic carbocycles. The number of hydrogen-bond donors (Lipinski definition) is 1. The number of nitrogen functional groups attached to an aromatic ring is 1. The van der Waals surface area contributed by atoms with E-state index in [4.69, 9.17) is 5.73 Å². The summed E-state index contributed by atoms with van der Waals surface area (Å²) in [7, 11) is 0. The van der Waals surface area contributed by atoms with E-state index in [1.807, 2.05) is 0 Å². The highest BCUT2D eigenvalue weighted by Gasteiger charge is 2.54. The third-order valence-corrected chi connectivity index (χ3v) is 1.80. The van der Waals surface area contributed by atoms with Crippen molar-refractivity contribution < 1.29 is 27.0 Å². The molecule has 1 aromatic rings. The highest BCUT2D eigenvalue weighted by Crippen LogP contribution is 2.46. The summed E-state index contributed by atoms with van der Waals surface area (Å²) in [6.07, 6.45) is -8.45. The van der Waals surface area contributed by atoms with Crippen LogP contribution in [0.1, 0.15) is 5.56 Å². The van der Waals surface area contributed by atoms with Crippen molar-refractivity contribution in [1.82, 2.24) is 0 Å². The Bertz CT molecular complexity index is 408. The molecule has 3 nitrogen and oxygen atoms in total. The van der Waals surface area contributed by atoms with Gasteiger partial charge in [0.2, 0.25) is 0 Å². The Kier molecular flexibility index (Phi) is 1.84. The molecule has 0 bridgehead atoms. The molecule has 82 valence electrons. The molecule has 0 aliphatic carbocycles. The summed E-state index contributed by atoms with van der Waals surface area (Å²) < 4.78 is 58.2. The lowest BCUT2D eigenvalue weighted by Gasteiger charge is -2.30. The molecule has 0 spiro atoms. The Balaban J connectivity index is 2.55. The first-order chi connectivity index (χ1) is 6.80. The standard InChI is InChI=1S/C8H5F4NO2/c9-7(10)5-2-1-4(13)3-6(5)14-8(11,12)15-7/h1-3H,13H2. The zero-order chi connectivity index (χ0) is 11.3. The van der Waals surface area contributed by atoms with Crippen molar-refractivity contribution >= 4 is 5.69 Å². The second kappa shape index (κ2) is 2.75. The van der Waals surface area contributed by atoms with Gasteiger partial charge < -0.3 is 10.5 Å². The number of fused-ring (bicyclic) bond motifs is 1. The van der Waals surface area contributed by atoms with Crippen LogP contribution in [-0.2, 0) is 10.8 Å². The first kappa shape index (κ1) is 10.0. The quantitative estimate of drug-likeness (QED) is 0.542. The summed E-state index contributed by atoms with van der Waals surface area (Å²) in [5, 5.41) is 0. The number of rotatable bonds is 0. The minimum atomic E-state index is -4.36. The molecular weight excluding hydrogens is 218 g/mol. The monoisotopic (exact) mass is 223 g/mol. The van der Waals surface area contributed by atoms with Crippen LogP contribution in [-0.4, -0.2) is 6.29 Å². The van der Waals surface area contributed by atoms with Crippen molar-refractivity contribution in [2.45, 2.75) is 12.4 Å². The van der Waals surface area contributed by atoms with Gasteiger partial charge in [0.1, 0.15) is 5.75 Å². The molecule has 2 rings (SSSR count). The number of nitrogens with two attached hydrogens (primary N) is 1. The van der Waals surface area contributed by atoms with E-state index >= 15 is 0 Å². The summed E-state index contributed by atoms with van der Waals surface area (Å²) >= 11 is 0. The van der Waals surface area contributed by atoms with Crippen molar-refractivity contribution in [3.8, 4) is 5.75 Å². The third kappa shape index (κ3) is 1.70. The van der Waals surface area contributed by atoms with E-state index in [-0.39, 0.29) is 5.69 Å². The van der Waals surface area contributed by atoms with Crippen LogP contribution in [0.15, 0.2) is 18.2 Å². The zero-order valence-corrected chi connectivity index (χ0v) is 7.14. The van der Waals surface area contributed by atoms with Crippen LogP contribution in [0.4, 0.5) is 23.2 Å². The maximum atomic E-state index is 13.0. The van der Waals surface area contributed by atoms with Crippen molar-refractivity contribution in [1.29, 1.82) is 0 Å². The molecule has 15 heavy (non-hydrogen) atoms. The maximum Gasteiger partial charge on any atom is 0.540 e. The lowest BCUT2D eigenvalue weighted by atomic mass is 10.1. The van der Waals surface area contributed by atoms with E-state index < -0.39 is 23.7 Å². The molecule has 0 saturated carbocycles. The Morgan fingerprint density at radius 3 is 2.47 bits per heavy atom. The second-order valence-corrected chi connectivity index (χ2v) is 2.94. The lowest BCUT2D eigenvalue weighted by Crippen LogP contribution is -2.41. The molecular formula is C8H5F4NO2. The Labute approximate surface area is 81.4 Å². The van der Waals surface area contributed by atoms with Crippen LogP contribution in [0.2, 0.25) is 0 Å². The van der Waals surface area contributed by atoms with Gasteiger partial charge >= 0.3 is 12.4 Å². The van der Waals surface area contributed by atoms with Crippen molar-refractivity contribution in [2.75, 3.05) is 5.73 Å². The number of hydrogen-bond acceptors (Lipinski definition) is 3. The molecule has 1 aliphatic heterocycles. The molecule has 0 amide bonds. The van der Waals surface area contributed by atoms with E-state index in [0.29, 0.717) is 0 Å². The van der Waals surface area contributed by atoms with Gasteiger partial charge in [-0.05, 0) is 12.1 Å². The summed E-state index contributed by atoms with van der Waals surface area (Å²) in [5.41, 5.74) is 4.52. The van der Waals surface area contributed by atoms with Gasteiger partial charge in [-0.15, -0.1) is 8.78 Å². The van der Waals surface area contributed by atoms with E-state index in [9.17, 15) is 17.6 Å². The fourth-order valence-electron chi connectivity index (χ4n) is 1.22. The first-order valence-electron chi connectivity index (χ1n) is 3.85. The zero-order valence-electron chi connectivity index (χ0n) is 7.14. The van der Waals surface area contributed by atoms with Crippen LogP contribution >= 0.6 is 0 Å². The number of ether oxygens (including phenoxy) is 2. The SMILES string of the molecule is Nc1ccc2c(c1)OC(F)(F)OC2(F)F. The Morgan fingerprint density at radius 2 is 1.80 bits per heavy atom. The van der Waals surface area contributed by atoms with Crippen LogP contribution in [0.5, 0.6) is 5.75 Å². The van der Waals surface area contributed by atoms with E-state index in [0.717, 1.165) is 18.2 Å². The van der Waals surface area contributed by atoms with E-state index in [1.54, 1.807) is 0 Å². The number of halogens is 4. The summed E-state index contributed by atoms with van der Waals surface area (Å²) in [5.74, 6) is -0.684. The van der Waals surface area contributed by atoms with E-state index in [2.05, 4.69) is 9.47 Å². The van der Waals surface area contributed by atoms with Crippen molar-refractivity contribution in [3.63, 3.8) is 0 Å². The Morgan fingerprint density at radius 1 is 1.13 bits per heavy atom. The summed E-state index contributed by atoms with van der Waals surface area (Å²) in [6, 6.07) is 2.91. The molecule has 7 heteroatoms. The van der Waals surface area contributed by atoms with Gasteiger partial charge in [-0.25, -0.2) is 4.74 Å². The minimum Gasteiger partial charge on any atom is -0.409 e. The van der Waals surface area contributed by atoms with Crippen molar-refractivity contribution in [3.05, 3.63) is 23.8 Å². The highest BCUT2D eigenvalue weighted by atomic mass is 19.3. The Hall–Kier alpha value is -1.50. The summed E-state index contributed by atoms with van der Waals surface area (Å²) in [4.78, 5) is 0. The largest absolute Gasteiger partial charge is 0.540 e. The van der Waals surface area contributed by atoms with Crippen LogP contribution in [0, 0.1) is 0 Å². The molecule has 2 N–H and O–H groups in total. The predicted molar refractivity (Wildman–Crippen MR) is 41.4 cm³/mol. The molecule has 1 aliphatic rings. The van der Waals surface area contributed by atoms with Gasteiger partial charge in [0, 0.05) is 11.8 Å². The van der Waals surface area contributed by atoms with Crippen molar-refractivity contribution in [2.24, 2.45) is 0 Å².